The summed E-state index contributed by atoms with van der Waals surface area (Å²) in [7, 11) is 1.07. The summed E-state index contributed by atoms with van der Waals surface area (Å²) in [6, 6.07) is 12.2. The predicted molar refractivity (Wildman–Crippen MR) is 93.7 cm³/mol. The molecule has 0 spiro atoms. The van der Waals surface area contributed by atoms with Crippen molar-refractivity contribution < 1.29 is 22.6 Å². The molecule has 0 atom stereocenters. The van der Waals surface area contributed by atoms with E-state index in [1.54, 1.807) is 25.3 Å². The normalized spacial score (nSPS) is 11.0. The quantitative estimate of drug-likeness (QED) is 0.791. The predicted octanol–water partition coefficient (Wildman–Crippen LogP) is 2.70. The average molecular weight is 351 g/mol. The number of nitrogens with one attached hydrogen (secondary N) is 1. The fourth-order valence-corrected chi connectivity index (χ4v) is 3.29. The zero-order valence-corrected chi connectivity index (χ0v) is 14.7. The van der Waals surface area contributed by atoms with Crippen molar-refractivity contribution in [2.45, 2.75) is 6.42 Å². The molecule has 24 heavy (non-hydrogen) atoms. The minimum Gasteiger partial charge on any atom is -0.497 e. The van der Waals surface area contributed by atoms with Gasteiger partial charge in [-0.05, 0) is 36.2 Å². The lowest BCUT2D eigenvalue weighted by Crippen LogP contribution is -2.18. The molecule has 0 amide bonds. The molecule has 2 rings (SSSR count). The zero-order chi connectivity index (χ0) is 17.6. The van der Waals surface area contributed by atoms with Crippen molar-refractivity contribution in [2.24, 2.45) is 0 Å². The van der Waals surface area contributed by atoms with Crippen molar-refractivity contribution in [1.29, 1.82) is 0 Å². The lowest BCUT2D eigenvalue weighted by molar-refractivity contribution is 0.395. The molecule has 0 saturated carbocycles. The van der Waals surface area contributed by atoms with Crippen LogP contribution in [0.3, 0.4) is 0 Å². The molecular formula is C17H21NO5S. The van der Waals surface area contributed by atoms with E-state index in [4.69, 9.17) is 14.2 Å². The molecule has 0 aromatic heterocycles. The number of benzene rings is 2. The Hall–Kier alpha value is -2.41. The Balaban J connectivity index is 2.08. The maximum absolute atomic E-state index is 12.3. The fraction of sp³-hybridized carbons (Fsp3) is 0.294. The maximum Gasteiger partial charge on any atom is 0.233 e. The van der Waals surface area contributed by atoms with Crippen LogP contribution in [0.25, 0.3) is 0 Å². The van der Waals surface area contributed by atoms with Gasteiger partial charge < -0.3 is 14.2 Å². The van der Waals surface area contributed by atoms with Crippen molar-refractivity contribution in [3.63, 3.8) is 0 Å². The van der Waals surface area contributed by atoms with Gasteiger partial charge in [0.25, 0.3) is 0 Å². The second kappa shape index (κ2) is 7.92. The van der Waals surface area contributed by atoms with Crippen LogP contribution in [0.5, 0.6) is 17.2 Å². The summed E-state index contributed by atoms with van der Waals surface area (Å²) in [5, 5.41) is 0. The Kier molecular flexibility index (Phi) is 5.92. The minimum atomic E-state index is -3.52. The van der Waals surface area contributed by atoms with Gasteiger partial charge in [0.15, 0.2) is 0 Å². The van der Waals surface area contributed by atoms with Crippen molar-refractivity contribution >= 4 is 15.7 Å². The third kappa shape index (κ3) is 4.79. The van der Waals surface area contributed by atoms with Crippen LogP contribution in [0, 0.1) is 0 Å². The third-order valence-corrected chi connectivity index (χ3v) is 4.74. The molecule has 0 bridgehead atoms. The molecule has 0 radical (unpaired) electrons. The first-order valence-electron chi connectivity index (χ1n) is 7.33. The van der Waals surface area contributed by atoms with Crippen LogP contribution in [0.1, 0.15) is 5.56 Å². The highest BCUT2D eigenvalue weighted by molar-refractivity contribution is 7.92. The van der Waals surface area contributed by atoms with Crippen LogP contribution in [-0.4, -0.2) is 35.5 Å². The first kappa shape index (κ1) is 17.9. The van der Waals surface area contributed by atoms with Crippen molar-refractivity contribution in [3.05, 3.63) is 48.0 Å². The number of sulfonamides is 1. The molecule has 6 nitrogen and oxygen atoms in total. The lowest BCUT2D eigenvalue weighted by atomic mass is 10.2. The average Bonchev–Trinajstić information content (AvgIpc) is 2.60. The molecule has 2 aromatic carbocycles. The second-order valence-corrected chi connectivity index (χ2v) is 6.93. The lowest BCUT2D eigenvalue weighted by Gasteiger charge is -2.13. The van der Waals surface area contributed by atoms with Crippen LogP contribution >= 0.6 is 0 Å². The van der Waals surface area contributed by atoms with Gasteiger partial charge in [0.1, 0.15) is 17.2 Å². The molecule has 0 heterocycles. The molecular weight excluding hydrogens is 330 g/mol. The first-order chi connectivity index (χ1) is 11.5. The highest BCUT2D eigenvalue weighted by atomic mass is 32.2. The van der Waals surface area contributed by atoms with Crippen LogP contribution in [0.15, 0.2) is 42.5 Å². The standard InChI is InChI=1S/C17H21NO5S/c1-21-14-6-4-5-13(11-14)9-10-24(19,20)18-16-8-7-15(22-2)12-17(16)23-3/h4-8,11-12,18H,9-10H2,1-3H3. The first-order valence-corrected chi connectivity index (χ1v) is 8.98. The number of methoxy groups -OCH3 is 3. The van der Waals surface area contributed by atoms with Gasteiger partial charge in [-0.3, -0.25) is 4.72 Å². The maximum atomic E-state index is 12.3. The highest BCUT2D eigenvalue weighted by Gasteiger charge is 2.14. The number of ether oxygens (including phenoxy) is 3. The van der Waals surface area contributed by atoms with Gasteiger partial charge in [-0.25, -0.2) is 8.42 Å². The topological polar surface area (TPSA) is 73.9 Å². The Bertz CT molecular complexity index is 789. The Labute approximate surface area is 142 Å². The zero-order valence-electron chi connectivity index (χ0n) is 13.9. The van der Waals surface area contributed by atoms with E-state index in [2.05, 4.69) is 4.72 Å². The second-order valence-electron chi connectivity index (χ2n) is 5.09. The van der Waals surface area contributed by atoms with Crippen LogP contribution in [-0.2, 0) is 16.4 Å². The van der Waals surface area contributed by atoms with E-state index in [0.717, 1.165) is 5.56 Å². The van der Waals surface area contributed by atoms with E-state index in [9.17, 15) is 8.42 Å². The van der Waals surface area contributed by atoms with Crippen molar-refractivity contribution in [1.82, 2.24) is 0 Å². The van der Waals surface area contributed by atoms with Crippen LogP contribution < -0.4 is 18.9 Å². The summed E-state index contributed by atoms with van der Waals surface area (Å²) in [6.07, 6.45) is 0.380. The number of rotatable bonds is 8. The van der Waals surface area contributed by atoms with Gasteiger partial charge in [0.05, 0.1) is 32.8 Å². The summed E-state index contributed by atoms with van der Waals surface area (Å²) in [6.45, 7) is 0. The molecule has 7 heteroatoms. The number of hydrogen-bond donors (Lipinski definition) is 1. The van der Waals surface area contributed by atoms with Gasteiger partial charge in [-0.1, -0.05) is 12.1 Å². The van der Waals surface area contributed by atoms with Crippen molar-refractivity contribution in [2.75, 3.05) is 31.8 Å². The van der Waals surface area contributed by atoms with Gasteiger partial charge in [-0.15, -0.1) is 0 Å². The minimum absolute atomic E-state index is 0.0463. The summed E-state index contributed by atoms with van der Waals surface area (Å²) in [4.78, 5) is 0. The van der Waals surface area contributed by atoms with E-state index in [1.165, 1.54) is 14.2 Å². The fourth-order valence-electron chi connectivity index (χ4n) is 2.18. The van der Waals surface area contributed by atoms with E-state index >= 15 is 0 Å². The molecule has 0 fully saturated rings. The number of aryl methyl sites for hydroxylation is 1. The monoisotopic (exact) mass is 351 g/mol. The Morgan fingerprint density at radius 2 is 1.62 bits per heavy atom. The van der Waals surface area contributed by atoms with Gasteiger partial charge >= 0.3 is 0 Å². The highest BCUT2D eigenvalue weighted by Crippen LogP contribution is 2.29. The SMILES string of the molecule is COc1cccc(CCS(=O)(=O)Nc2ccc(OC)cc2OC)c1. The Morgan fingerprint density at radius 1 is 0.917 bits per heavy atom. The third-order valence-electron chi connectivity index (χ3n) is 3.47. The Morgan fingerprint density at radius 3 is 2.29 bits per heavy atom. The molecule has 130 valence electrons. The van der Waals surface area contributed by atoms with Crippen molar-refractivity contribution in [3.8, 4) is 17.2 Å². The van der Waals surface area contributed by atoms with Gasteiger partial charge in [-0.2, -0.15) is 0 Å². The number of hydrogen-bond acceptors (Lipinski definition) is 5. The molecule has 0 aliphatic rings. The number of anilines is 1. The molecule has 0 saturated heterocycles. The summed E-state index contributed by atoms with van der Waals surface area (Å²) < 4.78 is 42.6. The summed E-state index contributed by atoms with van der Waals surface area (Å²) >= 11 is 0. The molecule has 0 aliphatic carbocycles. The van der Waals surface area contributed by atoms with Crippen LogP contribution in [0.2, 0.25) is 0 Å². The molecule has 2 aromatic rings. The van der Waals surface area contributed by atoms with Gasteiger partial charge in [0, 0.05) is 6.07 Å². The van der Waals surface area contributed by atoms with E-state index < -0.39 is 10.0 Å². The van der Waals surface area contributed by atoms with E-state index in [1.807, 2.05) is 24.3 Å². The van der Waals surface area contributed by atoms with E-state index in [-0.39, 0.29) is 5.75 Å². The largest absolute Gasteiger partial charge is 0.497 e. The van der Waals surface area contributed by atoms with Crippen LogP contribution in [0.4, 0.5) is 5.69 Å². The summed E-state index contributed by atoms with van der Waals surface area (Å²) in [5.41, 5.74) is 1.27. The molecule has 0 aliphatic heterocycles. The van der Waals surface area contributed by atoms with E-state index in [0.29, 0.717) is 29.4 Å². The molecule has 1 N–H and O–H groups in total. The smallest absolute Gasteiger partial charge is 0.233 e. The van der Waals surface area contributed by atoms with Gasteiger partial charge in [0.2, 0.25) is 10.0 Å². The summed E-state index contributed by atoms with van der Waals surface area (Å²) in [5.74, 6) is 1.65. The molecule has 0 unspecified atom stereocenters.